The zero-order valence-corrected chi connectivity index (χ0v) is 18.6. The van der Waals surface area contributed by atoms with Crippen molar-refractivity contribution in [3.63, 3.8) is 0 Å². The van der Waals surface area contributed by atoms with E-state index in [-0.39, 0.29) is 27.3 Å². The van der Waals surface area contributed by atoms with Crippen molar-refractivity contribution in [2.75, 3.05) is 23.1 Å². The van der Waals surface area contributed by atoms with Crippen LogP contribution in [0.5, 0.6) is 0 Å². The first-order valence-corrected chi connectivity index (χ1v) is 11.6. The van der Waals surface area contributed by atoms with Gasteiger partial charge in [-0.05, 0) is 48.0 Å². The van der Waals surface area contributed by atoms with Gasteiger partial charge in [0.2, 0.25) is 5.91 Å². The molecule has 0 aliphatic heterocycles. The first kappa shape index (κ1) is 22.9. The smallest absolute Gasteiger partial charge is 0.261 e. The van der Waals surface area contributed by atoms with Crippen LogP contribution in [0.25, 0.3) is 0 Å². The summed E-state index contributed by atoms with van der Waals surface area (Å²) in [5.74, 6) is 0.611. The second-order valence-corrected chi connectivity index (χ2v) is 9.13. The molecule has 31 heavy (non-hydrogen) atoms. The van der Waals surface area contributed by atoms with Crippen LogP contribution < -0.4 is 15.4 Å². The van der Waals surface area contributed by atoms with Gasteiger partial charge in [0.1, 0.15) is 5.82 Å². The Bertz CT molecular complexity index is 1120. The average molecular weight is 479 g/mol. The van der Waals surface area contributed by atoms with Crippen LogP contribution in [-0.2, 0) is 21.2 Å². The molecule has 0 radical (unpaired) electrons. The molecule has 0 spiro atoms. The third-order valence-corrected chi connectivity index (χ3v) is 5.93. The zero-order chi connectivity index (χ0) is 22.3. The average Bonchev–Trinajstić information content (AvgIpc) is 2.72. The fourth-order valence-electron chi connectivity index (χ4n) is 2.70. The summed E-state index contributed by atoms with van der Waals surface area (Å²) in [6.45, 7) is 1.01. The molecule has 0 unspecified atom stereocenters. The molecular weight excluding hydrogens is 459 g/mol. The fourth-order valence-corrected chi connectivity index (χ4v) is 4.48. The normalized spacial score (nSPS) is 11.0. The molecule has 10 heteroatoms. The number of nitrogens with one attached hydrogen (secondary N) is 3. The van der Waals surface area contributed by atoms with Crippen molar-refractivity contribution in [3.05, 3.63) is 82.5 Å². The Morgan fingerprint density at radius 3 is 2.29 bits per heavy atom. The number of aromatic nitrogens is 1. The number of nitrogens with zero attached hydrogens (tertiary/aromatic N) is 1. The van der Waals surface area contributed by atoms with Gasteiger partial charge in [0.05, 0.1) is 11.3 Å². The first-order valence-electron chi connectivity index (χ1n) is 9.31. The minimum Gasteiger partial charge on any atom is -0.368 e. The maximum atomic E-state index is 12.5. The van der Waals surface area contributed by atoms with Crippen molar-refractivity contribution in [1.29, 1.82) is 0 Å². The highest BCUT2D eigenvalue weighted by Gasteiger charge is 2.16. The van der Waals surface area contributed by atoms with E-state index in [1.54, 1.807) is 30.5 Å². The quantitative estimate of drug-likeness (QED) is 0.404. The summed E-state index contributed by atoms with van der Waals surface area (Å²) in [6, 6.07) is 16.2. The third-order valence-electron chi connectivity index (χ3n) is 4.14. The highest BCUT2D eigenvalue weighted by atomic mass is 35.5. The molecule has 1 aromatic heterocycles. The molecule has 0 aliphatic rings. The van der Waals surface area contributed by atoms with E-state index in [1.165, 1.54) is 18.2 Å². The monoisotopic (exact) mass is 478 g/mol. The van der Waals surface area contributed by atoms with E-state index in [9.17, 15) is 13.2 Å². The van der Waals surface area contributed by atoms with E-state index in [0.29, 0.717) is 18.8 Å². The predicted octanol–water partition coefficient (Wildman–Crippen LogP) is 3.96. The molecule has 0 saturated carbocycles. The number of amides is 1. The summed E-state index contributed by atoms with van der Waals surface area (Å²) in [5, 5.41) is 6.38. The summed E-state index contributed by atoms with van der Waals surface area (Å²) in [5.41, 5.74) is 1.11. The first-order chi connectivity index (χ1) is 14.8. The standard InChI is InChI=1S/C21H20Cl2N4O3S/c22-16-12-17(23)14-19(13-16)31(29,30)27-18-6-4-15(5-7-18)11-21(28)26-10-9-25-20-3-1-2-8-24-20/h1-8,12-14,27H,9-11H2,(H,24,25)(H,26,28). The van der Waals surface area contributed by atoms with Crippen LogP contribution in [0, 0.1) is 0 Å². The molecule has 162 valence electrons. The van der Waals surface area contributed by atoms with Crippen molar-refractivity contribution < 1.29 is 13.2 Å². The van der Waals surface area contributed by atoms with E-state index in [4.69, 9.17) is 23.2 Å². The summed E-state index contributed by atoms with van der Waals surface area (Å²) in [6.07, 6.45) is 1.87. The Labute approximate surface area is 190 Å². The van der Waals surface area contributed by atoms with Crippen molar-refractivity contribution in [2.24, 2.45) is 0 Å². The van der Waals surface area contributed by atoms with Gasteiger partial charge in [-0.25, -0.2) is 13.4 Å². The van der Waals surface area contributed by atoms with Gasteiger partial charge in [-0.3, -0.25) is 9.52 Å². The van der Waals surface area contributed by atoms with E-state index >= 15 is 0 Å². The van der Waals surface area contributed by atoms with Gasteiger partial charge < -0.3 is 10.6 Å². The van der Waals surface area contributed by atoms with E-state index in [2.05, 4.69) is 20.3 Å². The summed E-state index contributed by atoms with van der Waals surface area (Å²) in [4.78, 5) is 16.2. The number of benzene rings is 2. The lowest BCUT2D eigenvalue weighted by atomic mass is 10.1. The molecule has 0 bridgehead atoms. The van der Waals surface area contributed by atoms with Gasteiger partial charge in [-0.15, -0.1) is 0 Å². The summed E-state index contributed by atoms with van der Waals surface area (Å²) >= 11 is 11.8. The molecule has 0 atom stereocenters. The molecule has 0 saturated heterocycles. The Morgan fingerprint density at radius 2 is 1.65 bits per heavy atom. The highest BCUT2D eigenvalue weighted by molar-refractivity contribution is 7.92. The van der Waals surface area contributed by atoms with Crippen molar-refractivity contribution in [3.8, 4) is 0 Å². The molecule has 0 fully saturated rings. The van der Waals surface area contributed by atoms with Crippen molar-refractivity contribution in [2.45, 2.75) is 11.3 Å². The third kappa shape index (κ3) is 7.13. The lowest BCUT2D eigenvalue weighted by Gasteiger charge is -2.10. The van der Waals surface area contributed by atoms with E-state index in [1.807, 2.05) is 18.2 Å². The number of sulfonamides is 1. The molecule has 0 aliphatic carbocycles. The van der Waals surface area contributed by atoms with Gasteiger partial charge in [0.15, 0.2) is 0 Å². The molecule has 1 heterocycles. The predicted molar refractivity (Wildman–Crippen MR) is 123 cm³/mol. The van der Waals surface area contributed by atoms with Crippen LogP contribution in [0.3, 0.4) is 0 Å². The number of halogens is 2. The molecular formula is C21H20Cl2N4O3S. The highest BCUT2D eigenvalue weighted by Crippen LogP contribution is 2.24. The van der Waals surface area contributed by atoms with Gasteiger partial charge in [0, 0.05) is 35.0 Å². The van der Waals surface area contributed by atoms with Crippen LogP contribution in [-0.4, -0.2) is 32.4 Å². The van der Waals surface area contributed by atoms with E-state index < -0.39 is 10.0 Å². The number of hydrogen-bond donors (Lipinski definition) is 3. The number of pyridine rings is 1. The van der Waals surface area contributed by atoms with Crippen LogP contribution in [0.1, 0.15) is 5.56 Å². The van der Waals surface area contributed by atoms with Gasteiger partial charge in [-0.1, -0.05) is 41.4 Å². The van der Waals surface area contributed by atoms with Crippen LogP contribution in [0.4, 0.5) is 11.5 Å². The topological polar surface area (TPSA) is 100 Å². The lowest BCUT2D eigenvalue weighted by Crippen LogP contribution is -2.30. The zero-order valence-electron chi connectivity index (χ0n) is 16.3. The Kier molecular flexibility index (Phi) is 7.73. The van der Waals surface area contributed by atoms with Gasteiger partial charge in [-0.2, -0.15) is 0 Å². The molecule has 3 aromatic rings. The number of anilines is 2. The summed E-state index contributed by atoms with van der Waals surface area (Å²) < 4.78 is 27.5. The Hall–Kier alpha value is -2.81. The maximum absolute atomic E-state index is 12.5. The Balaban J connectivity index is 1.49. The minimum absolute atomic E-state index is 0.0345. The minimum atomic E-state index is -3.84. The SMILES string of the molecule is O=C(Cc1ccc(NS(=O)(=O)c2cc(Cl)cc(Cl)c2)cc1)NCCNc1ccccn1. The number of carbonyl (C=O) groups is 1. The lowest BCUT2D eigenvalue weighted by molar-refractivity contribution is -0.120. The van der Waals surface area contributed by atoms with Crippen LogP contribution in [0.2, 0.25) is 10.0 Å². The molecule has 7 nitrogen and oxygen atoms in total. The second kappa shape index (κ2) is 10.5. The largest absolute Gasteiger partial charge is 0.368 e. The summed E-state index contributed by atoms with van der Waals surface area (Å²) in [7, 11) is -3.84. The Morgan fingerprint density at radius 1 is 0.935 bits per heavy atom. The molecule has 1 amide bonds. The molecule has 2 aromatic carbocycles. The number of carbonyl (C=O) groups excluding carboxylic acids is 1. The fraction of sp³-hybridized carbons (Fsp3) is 0.143. The van der Waals surface area contributed by atoms with Gasteiger partial charge in [0.25, 0.3) is 10.0 Å². The number of rotatable bonds is 9. The van der Waals surface area contributed by atoms with Crippen molar-refractivity contribution in [1.82, 2.24) is 10.3 Å². The van der Waals surface area contributed by atoms with Crippen molar-refractivity contribution >= 4 is 50.6 Å². The number of hydrogen-bond acceptors (Lipinski definition) is 5. The van der Waals surface area contributed by atoms with Gasteiger partial charge >= 0.3 is 0 Å². The molecule has 3 rings (SSSR count). The van der Waals surface area contributed by atoms with Crippen LogP contribution >= 0.6 is 23.2 Å². The van der Waals surface area contributed by atoms with Crippen LogP contribution in [0.15, 0.2) is 71.8 Å². The second-order valence-electron chi connectivity index (χ2n) is 6.58. The maximum Gasteiger partial charge on any atom is 0.261 e. The molecule has 3 N–H and O–H groups in total. The van der Waals surface area contributed by atoms with E-state index in [0.717, 1.165) is 11.4 Å².